The molecule has 7 nitrogen and oxygen atoms in total. The van der Waals surface area contributed by atoms with Crippen molar-refractivity contribution in [2.24, 2.45) is 5.92 Å². The summed E-state index contributed by atoms with van der Waals surface area (Å²) in [6.45, 7) is 2.02. The van der Waals surface area contributed by atoms with Crippen molar-refractivity contribution in [2.75, 3.05) is 37.5 Å². The number of pyridine rings is 1. The van der Waals surface area contributed by atoms with E-state index in [0.29, 0.717) is 32.1 Å². The Morgan fingerprint density at radius 3 is 2.81 bits per heavy atom. The molecule has 2 saturated heterocycles. The average Bonchev–Trinajstić information content (AvgIpc) is 2.66. The van der Waals surface area contributed by atoms with Gasteiger partial charge in [-0.2, -0.15) is 0 Å². The topological polar surface area (TPSA) is 88.6 Å². The lowest BCUT2D eigenvalue weighted by Gasteiger charge is -2.28. The smallest absolute Gasteiger partial charge is 0.227 e. The van der Waals surface area contributed by atoms with Crippen molar-refractivity contribution < 1.29 is 17.9 Å². The fraction of sp³-hybridized carbons (Fsp3) is 0.538. The molecule has 1 aromatic rings. The summed E-state index contributed by atoms with van der Waals surface area (Å²) in [7, 11) is -3.25. The van der Waals surface area contributed by atoms with Gasteiger partial charge in [0.25, 0.3) is 0 Å². The number of hydrogen-bond acceptors (Lipinski definition) is 6. The molecule has 21 heavy (non-hydrogen) atoms. The molecule has 3 heterocycles. The van der Waals surface area contributed by atoms with E-state index < -0.39 is 9.84 Å². The number of rotatable bonds is 2. The van der Waals surface area contributed by atoms with Crippen LogP contribution < -0.4 is 10.2 Å². The molecule has 2 aliphatic heterocycles. The normalized spacial score (nSPS) is 26.1. The minimum atomic E-state index is -3.25. The van der Waals surface area contributed by atoms with Gasteiger partial charge in [-0.25, -0.2) is 13.4 Å². The summed E-state index contributed by atoms with van der Waals surface area (Å²) in [5.74, 6) is 0.456. The summed E-state index contributed by atoms with van der Waals surface area (Å²) in [6, 6.07) is 3.16. The summed E-state index contributed by atoms with van der Waals surface area (Å²) < 4.78 is 28.4. The monoisotopic (exact) mass is 311 g/mol. The zero-order valence-corrected chi connectivity index (χ0v) is 12.5. The molecule has 1 aromatic heterocycles. The second-order valence-electron chi connectivity index (χ2n) is 5.47. The van der Waals surface area contributed by atoms with Gasteiger partial charge in [-0.1, -0.05) is 0 Å². The fourth-order valence-electron chi connectivity index (χ4n) is 2.60. The molecule has 114 valence electrons. The fourth-order valence-corrected chi connectivity index (χ4v) is 3.15. The number of carbonyl (C=O) groups excluding carboxylic acids is 1. The third kappa shape index (κ3) is 3.01. The maximum absolute atomic E-state index is 11.9. The van der Waals surface area contributed by atoms with Crippen LogP contribution in [0.5, 0.6) is 0 Å². The van der Waals surface area contributed by atoms with Crippen molar-refractivity contribution in [1.29, 1.82) is 0 Å². The molecule has 0 unspecified atom stereocenters. The number of nitrogens with zero attached hydrogens (tertiary/aromatic N) is 2. The molecule has 0 aromatic carbocycles. The molecular formula is C13H17N3O4S. The Morgan fingerprint density at radius 1 is 1.33 bits per heavy atom. The predicted molar refractivity (Wildman–Crippen MR) is 75.8 cm³/mol. The Labute approximate surface area is 123 Å². The van der Waals surface area contributed by atoms with Crippen LogP contribution in [0.4, 0.5) is 5.82 Å². The summed E-state index contributed by atoms with van der Waals surface area (Å²) in [6.07, 6.45) is 2.51. The molecule has 0 spiro atoms. The molecule has 3 rings (SSSR count). The van der Waals surface area contributed by atoms with E-state index in [1.54, 1.807) is 12.1 Å². The van der Waals surface area contributed by atoms with Crippen LogP contribution >= 0.6 is 0 Å². The highest BCUT2D eigenvalue weighted by Crippen LogP contribution is 2.20. The first-order valence-electron chi connectivity index (χ1n) is 6.72. The second kappa shape index (κ2) is 5.27. The Bertz CT molecular complexity index is 644. The summed E-state index contributed by atoms with van der Waals surface area (Å²) >= 11 is 0. The van der Waals surface area contributed by atoms with Crippen molar-refractivity contribution in [3.8, 4) is 0 Å². The van der Waals surface area contributed by atoms with Crippen molar-refractivity contribution in [3.05, 3.63) is 18.3 Å². The summed E-state index contributed by atoms with van der Waals surface area (Å²) in [4.78, 5) is 18.4. The van der Waals surface area contributed by atoms with Crippen LogP contribution in [-0.2, 0) is 19.4 Å². The third-order valence-corrected chi connectivity index (χ3v) is 4.81. The van der Waals surface area contributed by atoms with Gasteiger partial charge in [0.15, 0.2) is 9.84 Å². The van der Waals surface area contributed by atoms with E-state index in [2.05, 4.69) is 10.3 Å². The van der Waals surface area contributed by atoms with E-state index in [9.17, 15) is 13.2 Å². The lowest BCUT2D eigenvalue weighted by molar-refractivity contribution is -0.124. The summed E-state index contributed by atoms with van der Waals surface area (Å²) in [5.41, 5.74) is 0. The van der Waals surface area contributed by atoms with Gasteiger partial charge in [-0.15, -0.1) is 0 Å². The Balaban J connectivity index is 1.85. The zero-order chi connectivity index (χ0) is 15.0. The number of sulfone groups is 1. The van der Waals surface area contributed by atoms with E-state index in [1.165, 1.54) is 6.20 Å². The van der Waals surface area contributed by atoms with Gasteiger partial charge in [0.2, 0.25) is 5.91 Å². The maximum atomic E-state index is 11.9. The lowest BCUT2D eigenvalue weighted by Crippen LogP contribution is -2.42. The average molecular weight is 311 g/mol. The quantitative estimate of drug-likeness (QED) is 0.787. The number of aromatic nitrogens is 1. The van der Waals surface area contributed by atoms with E-state index in [-0.39, 0.29) is 22.8 Å². The number of fused-ring (bicyclic) bond motifs is 3. The predicted octanol–water partition coefficient (Wildman–Crippen LogP) is -0.564. The highest BCUT2D eigenvalue weighted by molar-refractivity contribution is 7.90. The van der Waals surface area contributed by atoms with E-state index >= 15 is 0 Å². The first-order chi connectivity index (χ1) is 9.93. The molecule has 0 saturated carbocycles. The van der Waals surface area contributed by atoms with Gasteiger partial charge in [-0.05, 0) is 12.1 Å². The third-order valence-electron chi connectivity index (χ3n) is 3.71. The van der Waals surface area contributed by atoms with Gasteiger partial charge in [-0.3, -0.25) is 4.79 Å². The van der Waals surface area contributed by atoms with Gasteiger partial charge < -0.3 is 15.0 Å². The zero-order valence-electron chi connectivity index (χ0n) is 11.7. The van der Waals surface area contributed by atoms with Gasteiger partial charge in [0.05, 0.1) is 30.1 Å². The number of anilines is 1. The molecular weight excluding hydrogens is 294 g/mol. The van der Waals surface area contributed by atoms with Crippen LogP contribution in [0.3, 0.4) is 0 Å². The van der Waals surface area contributed by atoms with Crippen LogP contribution in [0.15, 0.2) is 23.2 Å². The van der Waals surface area contributed by atoms with Gasteiger partial charge in [0, 0.05) is 25.5 Å². The Kier molecular flexibility index (Phi) is 3.58. The molecule has 2 atom stereocenters. The maximum Gasteiger partial charge on any atom is 0.227 e. The number of ether oxygens (including phenoxy) is 1. The van der Waals surface area contributed by atoms with Gasteiger partial charge >= 0.3 is 0 Å². The SMILES string of the molecule is CS(=O)(=O)c1ccc(N2C[C@H]3COC[C@@H](C2)C(=O)N3)nc1. The van der Waals surface area contributed by atoms with Crippen LogP contribution in [0, 0.1) is 5.92 Å². The lowest BCUT2D eigenvalue weighted by atomic mass is 10.1. The minimum Gasteiger partial charge on any atom is -0.378 e. The van der Waals surface area contributed by atoms with E-state index in [0.717, 1.165) is 6.26 Å². The minimum absolute atomic E-state index is 0.00718. The molecule has 1 N–H and O–H groups in total. The van der Waals surface area contributed by atoms with Crippen molar-refractivity contribution in [1.82, 2.24) is 10.3 Å². The standard InChI is InChI=1S/C13H17N3O4S/c1-21(18,19)11-2-3-12(14-4-11)16-5-9-7-20-8-10(6-16)15-13(9)17/h2-4,9-10H,5-8H2,1H3,(H,15,17)/t9-,10+/m1/s1. The number of carbonyl (C=O) groups is 1. The number of amides is 1. The first-order valence-corrected chi connectivity index (χ1v) is 8.62. The summed E-state index contributed by atoms with van der Waals surface area (Å²) in [5, 5.41) is 2.95. The first kappa shape index (κ1) is 14.3. The Hall–Kier alpha value is -1.67. The van der Waals surface area contributed by atoms with Crippen molar-refractivity contribution in [2.45, 2.75) is 10.9 Å². The molecule has 8 heteroatoms. The van der Waals surface area contributed by atoms with E-state index in [1.807, 2.05) is 4.90 Å². The molecule has 0 aliphatic carbocycles. The highest BCUT2D eigenvalue weighted by atomic mass is 32.2. The van der Waals surface area contributed by atoms with Crippen LogP contribution in [0.2, 0.25) is 0 Å². The van der Waals surface area contributed by atoms with Gasteiger partial charge in [0.1, 0.15) is 5.82 Å². The Morgan fingerprint density at radius 2 is 2.14 bits per heavy atom. The second-order valence-corrected chi connectivity index (χ2v) is 7.48. The highest BCUT2D eigenvalue weighted by Gasteiger charge is 2.33. The largest absolute Gasteiger partial charge is 0.378 e. The van der Waals surface area contributed by atoms with Crippen LogP contribution in [-0.4, -0.2) is 57.9 Å². The number of hydrogen-bond donors (Lipinski definition) is 1. The van der Waals surface area contributed by atoms with Crippen molar-refractivity contribution in [3.63, 3.8) is 0 Å². The van der Waals surface area contributed by atoms with Crippen LogP contribution in [0.25, 0.3) is 0 Å². The molecule has 0 radical (unpaired) electrons. The van der Waals surface area contributed by atoms with E-state index in [4.69, 9.17) is 4.74 Å². The molecule has 2 aliphatic rings. The van der Waals surface area contributed by atoms with Crippen molar-refractivity contribution >= 4 is 21.6 Å². The van der Waals surface area contributed by atoms with Crippen LogP contribution in [0.1, 0.15) is 0 Å². The molecule has 1 amide bonds. The number of nitrogens with one attached hydrogen (secondary N) is 1. The molecule has 2 bridgehead atoms. The molecule has 2 fully saturated rings.